The van der Waals surface area contributed by atoms with Crippen molar-refractivity contribution in [3.63, 3.8) is 0 Å². The molecule has 2 aliphatic rings. The summed E-state index contributed by atoms with van der Waals surface area (Å²) in [5.74, 6) is 0.728. The number of ether oxygens (including phenoxy) is 1. The molecule has 2 aromatic rings. The lowest BCUT2D eigenvalue weighted by Gasteiger charge is -2.49. The molecule has 0 saturated carbocycles. The minimum atomic E-state index is 0.00829. The standard InChI is InChI=1S/C24H30N2O2/c1-17-9-11-18(12-10-17)16-26-21-6-4-7-22(26)15-20(14-21)25-24(27)19-5-3-8-23(13-19)28-2/h3,5,8-13,20-22H,4,6-7,14-16H2,1-2H3,(H,25,27)/t21-,22-/m0/s1. The van der Waals surface area contributed by atoms with Crippen LogP contribution in [-0.4, -0.2) is 36.0 Å². The molecule has 0 aliphatic carbocycles. The number of aryl methyl sites for hydroxylation is 1. The zero-order chi connectivity index (χ0) is 19.5. The minimum Gasteiger partial charge on any atom is -0.497 e. The van der Waals surface area contributed by atoms with Crippen LogP contribution in [0.15, 0.2) is 48.5 Å². The highest BCUT2D eigenvalue weighted by atomic mass is 16.5. The molecule has 0 spiro atoms. The molecule has 0 aromatic heterocycles. The lowest BCUT2D eigenvalue weighted by atomic mass is 9.81. The molecule has 2 heterocycles. The van der Waals surface area contributed by atoms with E-state index in [0.29, 0.717) is 17.6 Å². The number of hydrogen-bond acceptors (Lipinski definition) is 3. The summed E-state index contributed by atoms with van der Waals surface area (Å²) in [6, 6.07) is 17.7. The van der Waals surface area contributed by atoms with E-state index in [4.69, 9.17) is 4.74 Å². The van der Waals surface area contributed by atoms with Crippen molar-refractivity contribution in [1.82, 2.24) is 10.2 Å². The zero-order valence-corrected chi connectivity index (χ0v) is 16.9. The minimum absolute atomic E-state index is 0.00829. The van der Waals surface area contributed by atoms with Gasteiger partial charge in [0.25, 0.3) is 5.91 Å². The second kappa shape index (κ2) is 8.36. The van der Waals surface area contributed by atoms with E-state index in [2.05, 4.69) is 41.4 Å². The number of amides is 1. The second-order valence-electron chi connectivity index (χ2n) is 8.27. The fourth-order valence-corrected chi connectivity index (χ4v) is 4.79. The number of carbonyl (C=O) groups is 1. The van der Waals surface area contributed by atoms with E-state index in [9.17, 15) is 4.79 Å². The van der Waals surface area contributed by atoms with Gasteiger partial charge in [-0.1, -0.05) is 42.3 Å². The number of methoxy groups -OCH3 is 1. The van der Waals surface area contributed by atoms with Crippen molar-refractivity contribution in [2.75, 3.05) is 7.11 Å². The van der Waals surface area contributed by atoms with Gasteiger partial charge < -0.3 is 10.1 Å². The van der Waals surface area contributed by atoms with E-state index in [1.165, 1.54) is 30.4 Å². The number of benzene rings is 2. The van der Waals surface area contributed by atoms with Crippen molar-refractivity contribution in [2.24, 2.45) is 0 Å². The highest BCUT2D eigenvalue weighted by molar-refractivity contribution is 5.94. The van der Waals surface area contributed by atoms with E-state index in [0.717, 1.165) is 25.1 Å². The molecule has 2 bridgehead atoms. The van der Waals surface area contributed by atoms with Gasteiger partial charge >= 0.3 is 0 Å². The van der Waals surface area contributed by atoms with Gasteiger partial charge in [-0.25, -0.2) is 0 Å². The molecular weight excluding hydrogens is 348 g/mol. The van der Waals surface area contributed by atoms with Crippen LogP contribution in [0.4, 0.5) is 0 Å². The van der Waals surface area contributed by atoms with Crippen molar-refractivity contribution in [1.29, 1.82) is 0 Å². The summed E-state index contributed by atoms with van der Waals surface area (Å²) >= 11 is 0. The number of nitrogens with one attached hydrogen (secondary N) is 1. The van der Waals surface area contributed by atoms with Gasteiger partial charge in [-0.05, 0) is 56.4 Å². The molecule has 28 heavy (non-hydrogen) atoms. The highest BCUT2D eigenvalue weighted by Crippen LogP contribution is 2.35. The summed E-state index contributed by atoms with van der Waals surface area (Å²) < 4.78 is 5.25. The molecule has 0 unspecified atom stereocenters. The smallest absolute Gasteiger partial charge is 0.251 e. The molecule has 4 heteroatoms. The van der Waals surface area contributed by atoms with E-state index >= 15 is 0 Å². The molecule has 2 atom stereocenters. The number of rotatable bonds is 5. The Morgan fingerprint density at radius 2 is 1.82 bits per heavy atom. The van der Waals surface area contributed by atoms with Gasteiger partial charge in [0.1, 0.15) is 5.75 Å². The van der Waals surface area contributed by atoms with Crippen molar-refractivity contribution < 1.29 is 9.53 Å². The van der Waals surface area contributed by atoms with Crippen LogP contribution in [0.1, 0.15) is 53.6 Å². The molecule has 1 amide bonds. The number of nitrogens with zero attached hydrogens (tertiary/aromatic N) is 1. The van der Waals surface area contributed by atoms with Crippen LogP contribution < -0.4 is 10.1 Å². The second-order valence-corrected chi connectivity index (χ2v) is 8.27. The van der Waals surface area contributed by atoms with Crippen molar-refractivity contribution in [2.45, 2.75) is 63.7 Å². The van der Waals surface area contributed by atoms with E-state index in [1.807, 2.05) is 24.3 Å². The maximum Gasteiger partial charge on any atom is 0.251 e. The predicted molar refractivity (Wildman–Crippen MR) is 112 cm³/mol. The average molecular weight is 379 g/mol. The molecule has 2 saturated heterocycles. The van der Waals surface area contributed by atoms with E-state index in [-0.39, 0.29) is 11.9 Å². The topological polar surface area (TPSA) is 41.6 Å². The first-order valence-corrected chi connectivity index (χ1v) is 10.4. The van der Waals surface area contributed by atoms with Crippen LogP contribution in [0.25, 0.3) is 0 Å². The van der Waals surface area contributed by atoms with Gasteiger partial charge in [0.15, 0.2) is 0 Å². The van der Waals surface area contributed by atoms with Gasteiger partial charge in [0, 0.05) is 30.2 Å². The van der Waals surface area contributed by atoms with E-state index < -0.39 is 0 Å². The van der Waals surface area contributed by atoms with Crippen LogP contribution in [0.5, 0.6) is 5.75 Å². The van der Waals surface area contributed by atoms with Crippen molar-refractivity contribution >= 4 is 5.91 Å². The van der Waals surface area contributed by atoms with Crippen LogP contribution in [0.3, 0.4) is 0 Å². The number of hydrogen-bond donors (Lipinski definition) is 1. The first-order chi connectivity index (χ1) is 13.6. The number of carbonyl (C=O) groups excluding carboxylic acids is 1. The molecule has 1 N–H and O–H groups in total. The Balaban J connectivity index is 1.41. The Hall–Kier alpha value is -2.33. The highest BCUT2D eigenvalue weighted by Gasteiger charge is 2.38. The fraction of sp³-hybridized carbons (Fsp3) is 0.458. The third kappa shape index (κ3) is 4.22. The van der Waals surface area contributed by atoms with Crippen LogP contribution in [-0.2, 0) is 6.54 Å². The lowest BCUT2D eigenvalue weighted by Crippen LogP contribution is -2.56. The molecular formula is C24H30N2O2. The maximum absolute atomic E-state index is 12.7. The number of piperidine rings is 2. The zero-order valence-electron chi connectivity index (χ0n) is 16.9. The summed E-state index contributed by atoms with van der Waals surface area (Å²) in [5, 5.41) is 3.29. The molecule has 2 aliphatic heterocycles. The van der Waals surface area contributed by atoms with Gasteiger partial charge in [0.2, 0.25) is 0 Å². The SMILES string of the molecule is COc1cccc(C(=O)NC2C[C@@H]3CCC[C@@H](C2)N3Cc2ccc(C)cc2)c1. The molecule has 4 rings (SSSR count). The Bertz CT molecular complexity index is 804. The first kappa shape index (κ1) is 19.0. The normalized spacial score (nSPS) is 24.6. The number of fused-ring (bicyclic) bond motifs is 2. The molecule has 2 aromatic carbocycles. The average Bonchev–Trinajstić information content (AvgIpc) is 2.70. The summed E-state index contributed by atoms with van der Waals surface area (Å²) in [6.07, 6.45) is 5.84. The third-order valence-electron chi connectivity index (χ3n) is 6.28. The summed E-state index contributed by atoms with van der Waals surface area (Å²) in [6.45, 7) is 3.15. The summed E-state index contributed by atoms with van der Waals surface area (Å²) in [4.78, 5) is 15.4. The van der Waals surface area contributed by atoms with Gasteiger partial charge in [0.05, 0.1) is 7.11 Å². The van der Waals surface area contributed by atoms with Gasteiger partial charge in [-0.15, -0.1) is 0 Å². The van der Waals surface area contributed by atoms with Crippen LogP contribution in [0, 0.1) is 6.92 Å². The summed E-state index contributed by atoms with van der Waals surface area (Å²) in [5.41, 5.74) is 3.37. The fourth-order valence-electron chi connectivity index (χ4n) is 4.79. The summed E-state index contributed by atoms with van der Waals surface area (Å²) in [7, 11) is 1.63. The molecule has 4 nitrogen and oxygen atoms in total. The predicted octanol–water partition coefficient (Wildman–Crippen LogP) is 4.32. The third-order valence-corrected chi connectivity index (χ3v) is 6.28. The monoisotopic (exact) mass is 378 g/mol. The first-order valence-electron chi connectivity index (χ1n) is 10.4. The quantitative estimate of drug-likeness (QED) is 0.842. The Morgan fingerprint density at radius 3 is 2.50 bits per heavy atom. The molecule has 2 fully saturated rings. The van der Waals surface area contributed by atoms with E-state index in [1.54, 1.807) is 7.11 Å². The molecule has 0 radical (unpaired) electrons. The van der Waals surface area contributed by atoms with Crippen molar-refractivity contribution in [3.05, 3.63) is 65.2 Å². The Morgan fingerprint density at radius 1 is 1.11 bits per heavy atom. The largest absolute Gasteiger partial charge is 0.497 e. The Kier molecular flexibility index (Phi) is 5.67. The maximum atomic E-state index is 12.7. The molecule has 148 valence electrons. The Labute approximate surface area is 167 Å². The van der Waals surface area contributed by atoms with Gasteiger partial charge in [-0.2, -0.15) is 0 Å². The van der Waals surface area contributed by atoms with Crippen molar-refractivity contribution in [3.8, 4) is 5.75 Å². The van der Waals surface area contributed by atoms with Crippen LogP contribution in [0.2, 0.25) is 0 Å². The van der Waals surface area contributed by atoms with Crippen LogP contribution >= 0.6 is 0 Å². The van der Waals surface area contributed by atoms with Gasteiger partial charge in [-0.3, -0.25) is 9.69 Å². The lowest BCUT2D eigenvalue weighted by molar-refractivity contribution is 0.0177.